The van der Waals surface area contributed by atoms with Gasteiger partial charge in [0.25, 0.3) is 0 Å². The average Bonchev–Trinajstić information content (AvgIpc) is 2.69. The van der Waals surface area contributed by atoms with Crippen molar-refractivity contribution in [3.05, 3.63) is 64.1 Å². The number of nitro groups is 1. The second-order valence-electron chi connectivity index (χ2n) is 7.27. The van der Waals surface area contributed by atoms with Gasteiger partial charge in [0.1, 0.15) is 16.6 Å². The van der Waals surface area contributed by atoms with E-state index in [0.717, 1.165) is 7.11 Å². The Labute approximate surface area is 176 Å². The van der Waals surface area contributed by atoms with E-state index in [2.05, 4.69) is 15.0 Å². The van der Waals surface area contributed by atoms with Crippen molar-refractivity contribution < 1.29 is 23.4 Å². The van der Waals surface area contributed by atoms with Crippen molar-refractivity contribution in [1.29, 1.82) is 0 Å². The van der Waals surface area contributed by atoms with Crippen LogP contribution in [0.3, 0.4) is 0 Å². The quantitative estimate of drug-likeness (QED) is 0.279. The van der Waals surface area contributed by atoms with Gasteiger partial charge in [-0.1, -0.05) is 18.2 Å². The first-order valence-corrected chi connectivity index (χ1v) is 10.1. The molecule has 9 nitrogen and oxygen atoms in total. The number of methoxy groups -OCH3 is 1. The van der Waals surface area contributed by atoms with Crippen LogP contribution in [0.2, 0.25) is 0 Å². The molecule has 1 aromatic heterocycles. The van der Waals surface area contributed by atoms with Gasteiger partial charge < -0.3 is 14.6 Å². The Hall–Kier alpha value is -2.76. The number of nitrogens with one attached hydrogen (secondary N) is 2. The molecular weight excluding hydrogens is 415 g/mol. The normalized spacial score (nSPS) is 14.5. The number of anilines is 1. The van der Waals surface area contributed by atoms with E-state index in [4.69, 9.17) is 4.74 Å². The summed E-state index contributed by atoms with van der Waals surface area (Å²) in [5.41, 5.74) is -0.341. The van der Waals surface area contributed by atoms with Gasteiger partial charge in [-0.3, -0.25) is 10.1 Å². The number of hydrogen-bond donors (Lipinski definition) is 2. The molecule has 0 radical (unpaired) electrons. The van der Waals surface area contributed by atoms with Crippen LogP contribution in [0.15, 0.2) is 42.6 Å². The van der Waals surface area contributed by atoms with Gasteiger partial charge in [-0.25, -0.2) is 14.2 Å². The van der Waals surface area contributed by atoms with Crippen LogP contribution in [0.25, 0.3) is 0 Å². The number of hydrogen-bond acceptors (Lipinski definition) is 8. The van der Waals surface area contributed by atoms with Crippen molar-refractivity contribution in [3.63, 3.8) is 0 Å². The topological polar surface area (TPSA) is 129 Å². The lowest BCUT2D eigenvalue weighted by Crippen LogP contribution is -2.49. The average molecular weight is 438 g/mol. The number of halogens is 1. The molecule has 0 aliphatic carbocycles. The molecule has 0 saturated carbocycles. The minimum Gasteiger partial charge on any atom is -0.598 e. The molecule has 0 aliphatic rings. The number of esters is 1. The Bertz CT molecular complexity index is 908. The highest BCUT2D eigenvalue weighted by molar-refractivity contribution is 7.90. The predicted molar refractivity (Wildman–Crippen MR) is 110 cm³/mol. The second-order valence-corrected chi connectivity index (χ2v) is 9.27. The van der Waals surface area contributed by atoms with E-state index in [1.165, 1.54) is 36.5 Å². The van der Waals surface area contributed by atoms with E-state index in [9.17, 15) is 23.9 Å². The highest BCUT2D eigenvalue weighted by Gasteiger charge is 2.39. The molecule has 162 valence electrons. The Morgan fingerprint density at radius 2 is 1.93 bits per heavy atom. The van der Waals surface area contributed by atoms with Crippen molar-refractivity contribution in [2.24, 2.45) is 0 Å². The number of nitrogens with zero attached hydrogens (tertiary/aromatic N) is 2. The van der Waals surface area contributed by atoms with Gasteiger partial charge in [0, 0.05) is 29.2 Å². The third kappa shape index (κ3) is 5.65. The van der Waals surface area contributed by atoms with Crippen molar-refractivity contribution >= 4 is 28.8 Å². The fourth-order valence-corrected chi connectivity index (χ4v) is 3.39. The number of aromatic nitrogens is 1. The molecular formula is C19H23FN4O5S. The molecule has 11 heteroatoms. The lowest BCUT2D eigenvalue weighted by molar-refractivity contribution is -0.384. The molecule has 1 aromatic carbocycles. The minimum absolute atomic E-state index is 0.0385. The summed E-state index contributed by atoms with van der Waals surface area (Å²) >= 11 is -1.71. The summed E-state index contributed by atoms with van der Waals surface area (Å²) in [6.45, 7) is 5.12. The zero-order valence-corrected chi connectivity index (χ0v) is 17.7. The van der Waals surface area contributed by atoms with E-state index in [0.29, 0.717) is 0 Å². The second kappa shape index (κ2) is 9.83. The molecule has 1 heterocycles. The monoisotopic (exact) mass is 438 g/mol. The molecule has 2 N–H and O–H groups in total. The Kier molecular flexibility index (Phi) is 7.71. The van der Waals surface area contributed by atoms with E-state index < -0.39 is 44.9 Å². The van der Waals surface area contributed by atoms with Gasteiger partial charge in [-0.05, 0) is 32.9 Å². The molecule has 0 saturated heterocycles. The summed E-state index contributed by atoms with van der Waals surface area (Å²) in [7, 11) is 1.13. The first-order chi connectivity index (χ1) is 14.1. The number of carbonyl (C=O) groups is 1. The fraction of sp³-hybridized carbons (Fsp3) is 0.368. The summed E-state index contributed by atoms with van der Waals surface area (Å²) in [6, 6.07) is 5.69. The molecule has 0 bridgehead atoms. The maximum atomic E-state index is 14.6. The summed E-state index contributed by atoms with van der Waals surface area (Å²) in [6.07, 6.45) is 1.31. The first-order valence-electron chi connectivity index (χ1n) is 8.92. The van der Waals surface area contributed by atoms with Crippen molar-refractivity contribution in [3.8, 4) is 0 Å². The van der Waals surface area contributed by atoms with Crippen LogP contribution in [0, 0.1) is 15.9 Å². The molecule has 0 amide bonds. The molecule has 2 rings (SSSR count). The summed E-state index contributed by atoms with van der Waals surface area (Å²) in [5.74, 6) is -1.70. The van der Waals surface area contributed by atoms with Gasteiger partial charge >= 0.3 is 11.7 Å². The van der Waals surface area contributed by atoms with Gasteiger partial charge in [0.05, 0.1) is 12.0 Å². The third-order valence-electron chi connectivity index (χ3n) is 4.09. The van der Waals surface area contributed by atoms with Crippen LogP contribution < -0.4 is 10.0 Å². The van der Waals surface area contributed by atoms with Crippen LogP contribution >= 0.6 is 0 Å². The maximum absolute atomic E-state index is 14.6. The predicted octanol–water partition coefficient (Wildman–Crippen LogP) is 2.88. The highest BCUT2D eigenvalue weighted by Crippen LogP contribution is 2.29. The molecule has 0 aliphatic heterocycles. The van der Waals surface area contributed by atoms with Gasteiger partial charge in [0.15, 0.2) is 6.04 Å². The summed E-state index contributed by atoms with van der Waals surface area (Å²) < 4.78 is 34.3. The van der Waals surface area contributed by atoms with Crippen LogP contribution in [-0.4, -0.2) is 38.3 Å². The smallest absolute Gasteiger partial charge is 0.330 e. The highest BCUT2D eigenvalue weighted by atomic mass is 32.2. The van der Waals surface area contributed by atoms with Crippen molar-refractivity contribution in [2.75, 3.05) is 12.4 Å². The molecule has 2 aromatic rings. The van der Waals surface area contributed by atoms with E-state index >= 15 is 0 Å². The minimum atomic E-state index is -1.71. The van der Waals surface area contributed by atoms with E-state index in [1.54, 1.807) is 26.8 Å². The van der Waals surface area contributed by atoms with E-state index in [1.807, 2.05) is 0 Å². The lowest BCUT2D eigenvalue weighted by atomic mass is 9.99. The van der Waals surface area contributed by atoms with Crippen molar-refractivity contribution in [1.82, 2.24) is 9.71 Å². The SMILES string of the molecule is COC(=O)[C@@H](Nc1ncccc1[N+](=O)[O-])[C@H](N[S@@+]([O-])C(C)(C)C)c1ccccc1F. The summed E-state index contributed by atoms with van der Waals surface area (Å²) in [5, 5.41) is 14.0. The number of ether oxygens (including phenoxy) is 1. The zero-order chi connectivity index (χ0) is 22.5. The molecule has 0 fully saturated rings. The van der Waals surface area contributed by atoms with Crippen LogP contribution in [0.1, 0.15) is 32.4 Å². The maximum Gasteiger partial charge on any atom is 0.330 e. The van der Waals surface area contributed by atoms with Gasteiger partial charge in [0.2, 0.25) is 5.82 Å². The summed E-state index contributed by atoms with van der Waals surface area (Å²) in [4.78, 5) is 27.2. The zero-order valence-electron chi connectivity index (χ0n) is 16.9. The number of pyridine rings is 1. The van der Waals surface area contributed by atoms with Gasteiger partial charge in [-0.15, -0.1) is 4.72 Å². The Balaban J connectivity index is 2.55. The number of benzene rings is 1. The van der Waals surface area contributed by atoms with Crippen molar-refractivity contribution in [2.45, 2.75) is 37.6 Å². The van der Waals surface area contributed by atoms with Gasteiger partial charge in [-0.2, -0.15) is 0 Å². The molecule has 0 unspecified atom stereocenters. The third-order valence-corrected chi connectivity index (χ3v) is 5.67. The molecule has 3 atom stereocenters. The van der Waals surface area contributed by atoms with Crippen LogP contribution in [0.4, 0.5) is 15.9 Å². The van der Waals surface area contributed by atoms with Crippen LogP contribution in [0.5, 0.6) is 0 Å². The Morgan fingerprint density at radius 3 is 2.50 bits per heavy atom. The number of carbonyl (C=O) groups excluding carboxylic acids is 1. The molecule has 0 spiro atoms. The fourth-order valence-electron chi connectivity index (χ4n) is 2.54. The van der Waals surface area contributed by atoms with E-state index in [-0.39, 0.29) is 17.1 Å². The first kappa shape index (κ1) is 23.5. The number of rotatable bonds is 8. The largest absolute Gasteiger partial charge is 0.598 e. The van der Waals surface area contributed by atoms with Crippen LogP contribution in [-0.2, 0) is 20.9 Å². The lowest BCUT2D eigenvalue weighted by Gasteiger charge is -2.32. The molecule has 30 heavy (non-hydrogen) atoms. The standard InChI is InChI=1S/C19H23FN4O5S/c1-19(2,3)30(28)23-15(12-8-5-6-9-13(12)20)16(18(25)29-4)22-17-14(24(26)27)10-7-11-21-17/h5-11,15-16,23H,1-4H3,(H,21,22)/t15-,16+,30+/m1/s1. The Morgan fingerprint density at radius 1 is 1.27 bits per heavy atom.